The SMILES string of the molecule is CCCCCCCCCOc1ccc(C(=O)Oc2ccc(CC[C@H]3CC[C@H](OC(=O)[C@@H](F)CCCC)CC3)cc2)c(F)c1. The zero-order valence-corrected chi connectivity index (χ0v) is 26.1. The van der Waals surface area contributed by atoms with Crippen LogP contribution in [-0.4, -0.2) is 30.8 Å². The van der Waals surface area contributed by atoms with Gasteiger partial charge in [0, 0.05) is 6.07 Å². The lowest BCUT2D eigenvalue weighted by atomic mass is 9.83. The van der Waals surface area contributed by atoms with E-state index in [1.165, 1.54) is 44.2 Å². The molecule has 0 spiro atoms. The molecule has 3 rings (SSSR count). The minimum Gasteiger partial charge on any atom is -0.493 e. The van der Waals surface area contributed by atoms with Crippen LogP contribution in [0, 0.1) is 11.7 Å². The van der Waals surface area contributed by atoms with Crippen LogP contribution < -0.4 is 9.47 Å². The van der Waals surface area contributed by atoms with Crippen LogP contribution in [0.25, 0.3) is 0 Å². The Hall–Kier alpha value is -2.96. The highest BCUT2D eigenvalue weighted by molar-refractivity contribution is 5.91. The van der Waals surface area contributed by atoms with Gasteiger partial charge in [-0.2, -0.15) is 0 Å². The van der Waals surface area contributed by atoms with Gasteiger partial charge in [-0.05, 0) is 87.1 Å². The fourth-order valence-corrected chi connectivity index (χ4v) is 5.53. The molecule has 2 aromatic carbocycles. The number of halogens is 2. The molecular weight excluding hydrogens is 550 g/mol. The van der Waals surface area contributed by atoms with Crippen molar-refractivity contribution < 1.29 is 32.6 Å². The first-order valence-electron chi connectivity index (χ1n) is 16.5. The number of ether oxygens (including phenoxy) is 3. The van der Waals surface area contributed by atoms with Crippen molar-refractivity contribution in [1.29, 1.82) is 0 Å². The maximum atomic E-state index is 14.6. The molecule has 5 nitrogen and oxygen atoms in total. The number of unbranched alkanes of at least 4 members (excludes halogenated alkanes) is 7. The van der Waals surface area contributed by atoms with E-state index in [4.69, 9.17) is 14.2 Å². The highest BCUT2D eigenvalue weighted by atomic mass is 19.1. The summed E-state index contributed by atoms with van der Waals surface area (Å²) >= 11 is 0. The van der Waals surface area contributed by atoms with Gasteiger partial charge < -0.3 is 14.2 Å². The Balaban J connectivity index is 1.34. The Labute approximate surface area is 256 Å². The van der Waals surface area contributed by atoms with E-state index in [-0.39, 0.29) is 18.1 Å². The van der Waals surface area contributed by atoms with Gasteiger partial charge in [0.25, 0.3) is 0 Å². The summed E-state index contributed by atoms with van der Waals surface area (Å²) in [7, 11) is 0. The predicted molar refractivity (Wildman–Crippen MR) is 166 cm³/mol. The molecule has 1 saturated carbocycles. The number of carbonyl (C=O) groups is 2. The Morgan fingerprint density at radius 2 is 1.49 bits per heavy atom. The molecule has 1 atom stereocenters. The van der Waals surface area contributed by atoms with Crippen molar-refractivity contribution in [3.63, 3.8) is 0 Å². The topological polar surface area (TPSA) is 61.8 Å². The summed E-state index contributed by atoms with van der Waals surface area (Å²) in [5, 5.41) is 0. The van der Waals surface area contributed by atoms with Crippen LogP contribution >= 0.6 is 0 Å². The smallest absolute Gasteiger partial charge is 0.346 e. The summed E-state index contributed by atoms with van der Waals surface area (Å²) in [6.45, 7) is 4.70. The van der Waals surface area contributed by atoms with Crippen LogP contribution in [0.3, 0.4) is 0 Å². The Morgan fingerprint density at radius 3 is 2.16 bits per heavy atom. The van der Waals surface area contributed by atoms with Gasteiger partial charge in [-0.15, -0.1) is 0 Å². The fraction of sp³-hybridized carbons (Fsp3) is 0.611. The van der Waals surface area contributed by atoms with Crippen molar-refractivity contribution in [1.82, 2.24) is 0 Å². The third-order valence-electron chi connectivity index (χ3n) is 8.30. The monoisotopic (exact) mass is 600 g/mol. The van der Waals surface area contributed by atoms with Gasteiger partial charge in [0.15, 0.2) is 6.17 Å². The van der Waals surface area contributed by atoms with Gasteiger partial charge in [-0.1, -0.05) is 77.3 Å². The van der Waals surface area contributed by atoms with Crippen molar-refractivity contribution in [2.45, 2.75) is 129 Å². The second-order valence-corrected chi connectivity index (χ2v) is 11.9. The molecule has 0 bridgehead atoms. The van der Waals surface area contributed by atoms with Crippen molar-refractivity contribution in [3.05, 3.63) is 59.4 Å². The third-order valence-corrected chi connectivity index (χ3v) is 8.30. The van der Waals surface area contributed by atoms with E-state index >= 15 is 0 Å². The van der Waals surface area contributed by atoms with Gasteiger partial charge in [0.05, 0.1) is 12.2 Å². The molecule has 0 N–H and O–H groups in total. The Kier molecular flexibility index (Phi) is 15.5. The summed E-state index contributed by atoms with van der Waals surface area (Å²) in [4.78, 5) is 24.5. The summed E-state index contributed by atoms with van der Waals surface area (Å²) in [6, 6.07) is 11.6. The highest BCUT2D eigenvalue weighted by Crippen LogP contribution is 2.30. The van der Waals surface area contributed by atoms with E-state index in [0.717, 1.165) is 63.4 Å². The normalized spacial score (nSPS) is 17.3. The molecule has 43 heavy (non-hydrogen) atoms. The molecular formula is C36H50F2O5. The van der Waals surface area contributed by atoms with Crippen LogP contribution in [0.2, 0.25) is 0 Å². The number of carbonyl (C=O) groups excluding carboxylic acids is 2. The molecule has 0 unspecified atom stereocenters. The predicted octanol–water partition coefficient (Wildman–Crippen LogP) is 9.74. The molecule has 2 aromatic rings. The van der Waals surface area contributed by atoms with E-state index in [9.17, 15) is 18.4 Å². The lowest BCUT2D eigenvalue weighted by molar-refractivity contribution is -0.157. The van der Waals surface area contributed by atoms with Crippen molar-refractivity contribution in [2.75, 3.05) is 6.61 Å². The summed E-state index contributed by atoms with van der Waals surface area (Å²) in [6.07, 6.45) is 13.7. The van der Waals surface area contributed by atoms with E-state index < -0.39 is 23.9 Å². The average molecular weight is 601 g/mol. The molecule has 0 aromatic heterocycles. The van der Waals surface area contributed by atoms with Gasteiger partial charge >= 0.3 is 11.9 Å². The first kappa shape index (κ1) is 34.5. The summed E-state index contributed by atoms with van der Waals surface area (Å²) in [5.74, 6) is -0.816. The summed E-state index contributed by atoms with van der Waals surface area (Å²) < 4.78 is 45.0. The zero-order chi connectivity index (χ0) is 30.9. The van der Waals surface area contributed by atoms with Gasteiger partial charge in [-0.25, -0.2) is 18.4 Å². The number of esters is 2. The van der Waals surface area contributed by atoms with Crippen LogP contribution in [0.15, 0.2) is 42.5 Å². The molecule has 0 heterocycles. The molecule has 7 heteroatoms. The van der Waals surface area contributed by atoms with Gasteiger partial charge in [0.2, 0.25) is 0 Å². The van der Waals surface area contributed by atoms with E-state index in [0.29, 0.717) is 30.4 Å². The molecule has 0 saturated heterocycles. The van der Waals surface area contributed by atoms with Crippen LogP contribution in [0.4, 0.5) is 8.78 Å². The van der Waals surface area contributed by atoms with E-state index in [2.05, 4.69) is 6.92 Å². The minimum atomic E-state index is -1.51. The molecule has 1 aliphatic carbocycles. The number of aryl methyl sites for hydroxylation is 1. The molecule has 1 fully saturated rings. The second kappa shape index (κ2) is 19.3. The van der Waals surface area contributed by atoms with Crippen molar-refractivity contribution >= 4 is 11.9 Å². The van der Waals surface area contributed by atoms with E-state index in [1.807, 2.05) is 19.1 Å². The van der Waals surface area contributed by atoms with Crippen LogP contribution in [0.5, 0.6) is 11.5 Å². The largest absolute Gasteiger partial charge is 0.493 e. The lowest BCUT2D eigenvalue weighted by Gasteiger charge is -2.28. The molecule has 238 valence electrons. The van der Waals surface area contributed by atoms with Crippen molar-refractivity contribution in [3.8, 4) is 11.5 Å². The first-order chi connectivity index (χ1) is 20.9. The minimum absolute atomic E-state index is 0.128. The number of alkyl halides is 1. The highest BCUT2D eigenvalue weighted by Gasteiger charge is 2.27. The maximum absolute atomic E-state index is 14.6. The number of rotatable bonds is 19. The Bertz CT molecular complexity index is 1100. The fourth-order valence-electron chi connectivity index (χ4n) is 5.53. The molecule has 0 radical (unpaired) electrons. The maximum Gasteiger partial charge on any atom is 0.346 e. The molecule has 0 aliphatic heterocycles. The average Bonchev–Trinajstić information content (AvgIpc) is 3.01. The number of hydrogen-bond acceptors (Lipinski definition) is 5. The number of hydrogen-bond donors (Lipinski definition) is 0. The second-order valence-electron chi connectivity index (χ2n) is 11.9. The standard InChI is InChI=1S/C36H50F2O5/c1-3-5-7-8-9-10-11-25-41-31-23-24-32(34(38)26-31)35(39)42-29-19-15-27(16-20-29)13-14-28-17-21-30(22-18-28)43-36(40)33(37)12-6-4-2/h15-16,19-20,23-24,26,28,30,33H,3-14,17-18,21-22,25H2,1-2H3/t28-,30-,33-/m0/s1. The quantitative estimate of drug-likeness (QED) is 0.0912. The van der Waals surface area contributed by atoms with Crippen LogP contribution in [-0.2, 0) is 16.0 Å². The van der Waals surface area contributed by atoms with Gasteiger partial charge in [0.1, 0.15) is 23.4 Å². The first-order valence-corrected chi connectivity index (χ1v) is 16.5. The molecule has 1 aliphatic rings. The van der Waals surface area contributed by atoms with E-state index in [1.54, 1.807) is 18.2 Å². The van der Waals surface area contributed by atoms with Crippen molar-refractivity contribution in [2.24, 2.45) is 5.92 Å². The number of benzene rings is 2. The van der Waals surface area contributed by atoms with Crippen LogP contribution in [0.1, 0.15) is 126 Å². The Morgan fingerprint density at radius 1 is 0.837 bits per heavy atom. The summed E-state index contributed by atoms with van der Waals surface area (Å²) in [5.41, 5.74) is 0.995. The molecule has 0 amide bonds. The van der Waals surface area contributed by atoms with Gasteiger partial charge in [-0.3, -0.25) is 0 Å². The zero-order valence-electron chi connectivity index (χ0n) is 26.1. The lowest BCUT2D eigenvalue weighted by Crippen LogP contribution is -2.29. The third kappa shape index (κ3) is 12.7.